The van der Waals surface area contributed by atoms with E-state index in [1.165, 1.54) is 0 Å². The molecule has 1 rings (SSSR count). The fourth-order valence-electron chi connectivity index (χ4n) is 1.78. The SMILES string of the molecule is CC(=O)CCN1C(=O)OCC1CC(C)C. The molecule has 0 bridgehead atoms. The van der Waals surface area contributed by atoms with Crippen LogP contribution in [0.2, 0.25) is 0 Å². The Bertz CT molecular complexity index is 250. The van der Waals surface area contributed by atoms with E-state index in [-0.39, 0.29) is 17.9 Å². The Balaban J connectivity index is 2.48. The Kier molecular flexibility index (Phi) is 4.12. The highest BCUT2D eigenvalue weighted by Crippen LogP contribution is 2.19. The minimum Gasteiger partial charge on any atom is -0.447 e. The third-order valence-electron chi connectivity index (χ3n) is 2.52. The Labute approximate surface area is 90.6 Å². The van der Waals surface area contributed by atoms with Gasteiger partial charge in [0.1, 0.15) is 12.4 Å². The van der Waals surface area contributed by atoms with Crippen molar-refractivity contribution >= 4 is 11.9 Å². The predicted molar refractivity (Wildman–Crippen MR) is 56.6 cm³/mol. The number of ketones is 1. The molecule has 1 saturated heterocycles. The van der Waals surface area contributed by atoms with Crippen molar-refractivity contribution in [3.63, 3.8) is 0 Å². The van der Waals surface area contributed by atoms with Gasteiger partial charge in [0, 0.05) is 13.0 Å². The van der Waals surface area contributed by atoms with Crippen molar-refractivity contribution in [2.75, 3.05) is 13.2 Å². The second-order valence-electron chi connectivity index (χ2n) is 4.51. The summed E-state index contributed by atoms with van der Waals surface area (Å²) < 4.78 is 4.99. The van der Waals surface area contributed by atoms with E-state index in [9.17, 15) is 9.59 Å². The second-order valence-corrected chi connectivity index (χ2v) is 4.51. The lowest BCUT2D eigenvalue weighted by atomic mass is 10.0. The van der Waals surface area contributed by atoms with E-state index in [4.69, 9.17) is 4.74 Å². The number of amides is 1. The highest BCUT2D eigenvalue weighted by molar-refractivity contribution is 5.77. The predicted octanol–water partition coefficient (Wildman–Crippen LogP) is 1.83. The van der Waals surface area contributed by atoms with E-state index in [2.05, 4.69) is 13.8 Å². The van der Waals surface area contributed by atoms with Gasteiger partial charge in [-0.2, -0.15) is 0 Å². The Morgan fingerprint density at radius 3 is 2.80 bits per heavy atom. The minimum absolute atomic E-state index is 0.109. The standard InChI is InChI=1S/C11H19NO3/c1-8(2)6-10-7-15-11(14)12(10)5-4-9(3)13/h8,10H,4-7H2,1-3H3. The number of rotatable bonds is 5. The van der Waals surface area contributed by atoms with Crippen LogP contribution in [-0.2, 0) is 9.53 Å². The van der Waals surface area contributed by atoms with Crippen molar-refractivity contribution < 1.29 is 14.3 Å². The van der Waals surface area contributed by atoms with E-state index in [0.717, 1.165) is 6.42 Å². The molecule has 1 aliphatic heterocycles. The molecule has 0 aromatic carbocycles. The molecule has 86 valence electrons. The Hall–Kier alpha value is -1.06. The van der Waals surface area contributed by atoms with Crippen LogP contribution in [0.3, 0.4) is 0 Å². The summed E-state index contributed by atoms with van der Waals surface area (Å²) in [5.74, 6) is 0.641. The molecule has 1 heterocycles. The number of nitrogens with zero attached hydrogens (tertiary/aromatic N) is 1. The van der Waals surface area contributed by atoms with Crippen LogP contribution in [0.15, 0.2) is 0 Å². The average Bonchev–Trinajstić information content (AvgIpc) is 2.43. The van der Waals surface area contributed by atoms with Crippen LogP contribution in [0.25, 0.3) is 0 Å². The van der Waals surface area contributed by atoms with E-state index in [1.807, 2.05) is 0 Å². The number of carbonyl (C=O) groups excluding carboxylic acids is 2. The fourth-order valence-corrected chi connectivity index (χ4v) is 1.78. The van der Waals surface area contributed by atoms with Gasteiger partial charge in [-0.15, -0.1) is 0 Å². The highest BCUT2D eigenvalue weighted by Gasteiger charge is 2.32. The molecule has 0 aliphatic carbocycles. The third kappa shape index (κ3) is 3.53. The maximum Gasteiger partial charge on any atom is 0.410 e. The van der Waals surface area contributed by atoms with Gasteiger partial charge in [-0.1, -0.05) is 13.8 Å². The van der Waals surface area contributed by atoms with Crippen molar-refractivity contribution in [3.8, 4) is 0 Å². The summed E-state index contributed by atoms with van der Waals surface area (Å²) in [6.07, 6.45) is 1.08. The molecule has 0 spiro atoms. The van der Waals surface area contributed by atoms with Gasteiger partial charge in [-0.3, -0.25) is 4.79 Å². The quantitative estimate of drug-likeness (QED) is 0.700. The van der Waals surface area contributed by atoms with Gasteiger partial charge in [-0.25, -0.2) is 4.79 Å². The van der Waals surface area contributed by atoms with Crippen molar-refractivity contribution in [1.29, 1.82) is 0 Å². The summed E-state index contributed by atoms with van der Waals surface area (Å²) in [6, 6.07) is 0.150. The molecular weight excluding hydrogens is 194 g/mol. The third-order valence-corrected chi connectivity index (χ3v) is 2.52. The average molecular weight is 213 g/mol. The lowest BCUT2D eigenvalue weighted by Gasteiger charge is -2.22. The van der Waals surface area contributed by atoms with Gasteiger partial charge >= 0.3 is 6.09 Å². The van der Waals surface area contributed by atoms with Gasteiger partial charge < -0.3 is 9.64 Å². The molecule has 1 atom stereocenters. The molecular formula is C11H19NO3. The van der Waals surface area contributed by atoms with Crippen molar-refractivity contribution in [2.24, 2.45) is 5.92 Å². The van der Waals surface area contributed by atoms with Crippen LogP contribution in [0.4, 0.5) is 4.79 Å². The second kappa shape index (κ2) is 5.14. The summed E-state index contributed by atoms with van der Waals surface area (Å²) >= 11 is 0. The molecule has 1 unspecified atom stereocenters. The first kappa shape index (κ1) is 12.0. The van der Waals surface area contributed by atoms with Crippen molar-refractivity contribution in [1.82, 2.24) is 4.90 Å². The fraction of sp³-hybridized carbons (Fsp3) is 0.818. The van der Waals surface area contributed by atoms with Gasteiger partial charge in [0.25, 0.3) is 0 Å². The first-order valence-corrected chi connectivity index (χ1v) is 5.43. The van der Waals surface area contributed by atoms with Crippen molar-refractivity contribution in [3.05, 3.63) is 0 Å². The molecule has 0 radical (unpaired) electrons. The van der Waals surface area contributed by atoms with Gasteiger partial charge in [-0.05, 0) is 19.3 Å². The zero-order valence-electron chi connectivity index (χ0n) is 9.66. The van der Waals surface area contributed by atoms with Crippen LogP contribution in [0.1, 0.15) is 33.6 Å². The monoisotopic (exact) mass is 213 g/mol. The summed E-state index contributed by atoms with van der Waals surface area (Å²) in [5, 5.41) is 0. The molecule has 15 heavy (non-hydrogen) atoms. The maximum absolute atomic E-state index is 11.4. The van der Waals surface area contributed by atoms with E-state index >= 15 is 0 Å². The molecule has 4 heteroatoms. The molecule has 0 aromatic heterocycles. The Morgan fingerprint density at radius 1 is 1.60 bits per heavy atom. The summed E-state index contributed by atoms with van der Waals surface area (Å²) in [4.78, 5) is 23.9. The Morgan fingerprint density at radius 2 is 2.27 bits per heavy atom. The topological polar surface area (TPSA) is 46.6 Å². The molecule has 0 saturated carbocycles. The van der Waals surface area contributed by atoms with E-state index < -0.39 is 0 Å². The molecule has 1 fully saturated rings. The zero-order valence-corrected chi connectivity index (χ0v) is 9.66. The van der Waals surface area contributed by atoms with Gasteiger partial charge in [0.2, 0.25) is 0 Å². The van der Waals surface area contributed by atoms with Crippen molar-refractivity contribution in [2.45, 2.75) is 39.7 Å². The number of carbonyl (C=O) groups is 2. The first-order valence-electron chi connectivity index (χ1n) is 5.43. The van der Waals surface area contributed by atoms with Crippen LogP contribution in [0.5, 0.6) is 0 Å². The largest absolute Gasteiger partial charge is 0.447 e. The van der Waals surface area contributed by atoms with Crippen LogP contribution >= 0.6 is 0 Å². The van der Waals surface area contributed by atoms with Gasteiger partial charge in [0.15, 0.2) is 0 Å². The van der Waals surface area contributed by atoms with Gasteiger partial charge in [0.05, 0.1) is 6.04 Å². The first-order chi connectivity index (χ1) is 7.00. The zero-order chi connectivity index (χ0) is 11.4. The maximum atomic E-state index is 11.4. The van der Waals surface area contributed by atoms with E-state index in [1.54, 1.807) is 11.8 Å². The van der Waals surface area contributed by atoms with E-state index in [0.29, 0.717) is 25.5 Å². The number of ether oxygens (including phenoxy) is 1. The summed E-state index contributed by atoms with van der Waals surface area (Å²) in [6.45, 7) is 6.73. The molecule has 4 nitrogen and oxygen atoms in total. The van der Waals surface area contributed by atoms with Crippen LogP contribution < -0.4 is 0 Å². The smallest absolute Gasteiger partial charge is 0.410 e. The number of hydrogen-bond donors (Lipinski definition) is 0. The summed E-state index contributed by atoms with van der Waals surface area (Å²) in [7, 11) is 0. The number of cyclic esters (lactones) is 1. The lowest BCUT2D eigenvalue weighted by molar-refractivity contribution is -0.117. The summed E-state index contributed by atoms with van der Waals surface area (Å²) in [5.41, 5.74) is 0. The molecule has 0 N–H and O–H groups in total. The van der Waals surface area contributed by atoms with Crippen LogP contribution in [0, 0.1) is 5.92 Å². The highest BCUT2D eigenvalue weighted by atomic mass is 16.6. The number of Topliss-reactive ketones (excluding diaryl/α,β-unsaturated/α-hetero) is 1. The van der Waals surface area contributed by atoms with Crippen LogP contribution in [-0.4, -0.2) is 36.0 Å². The lowest BCUT2D eigenvalue weighted by Crippen LogP contribution is -2.35. The minimum atomic E-state index is -0.276. The molecule has 1 aliphatic rings. The molecule has 1 amide bonds. The number of hydrogen-bond acceptors (Lipinski definition) is 3. The molecule has 0 aromatic rings. The normalized spacial score (nSPS) is 20.9.